The smallest absolute Gasteiger partial charge is 0.243 e. The maximum Gasteiger partial charge on any atom is 0.243 e. The topological polar surface area (TPSA) is 69.7 Å². The molecule has 1 aliphatic heterocycles. The summed E-state index contributed by atoms with van der Waals surface area (Å²) in [5.74, 6) is 1.20. The zero-order chi connectivity index (χ0) is 21.2. The van der Waals surface area contributed by atoms with Crippen LogP contribution in [0.15, 0.2) is 29.2 Å². The molecule has 1 N–H and O–H groups in total. The molecular weight excluding hydrogens is 386 g/mol. The Kier molecular flexibility index (Phi) is 7.02. The van der Waals surface area contributed by atoms with Gasteiger partial charge in [-0.25, -0.2) is 8.42 Å². The van der Waals surface area contributed by atoms with E-state index in [9.17, 15) is 13.2 Å². The van der Waals surface area contributed by atoms with Gasteiger partial charge in [0.25, 0.3) is 0 Å². The number of nitrogens with one attached hydrogen (secondary N) is 1. The first-order valence-electron chi connectivity index (χ1n) is 10.8. The highest BCUT2D eigenvalue weighted by molar-refractivity contribution is 7.89. The fourth-order valence-corrected chi connectivity index (χ4v) is 5.87. The van der Waals surface area contributed by atoms with Gasteiger partial charge in [0.2, 0.25) is 15.9 Å². The summed E-state index contributed by atoms with van der Waals surface area (Å²) in [7, 11) is -3.48. The minimum atomic E-state index is -3.48. The quantitative estimate of drug-likeness (QED) is 0.794. The Morgan fingerprint density at radius 2 is 1.69 bits per heavy atom. The fourth-order valence-electron chi connectivity index (χ4n) is 4.45. The van der Waals surface area contributed by atoms with Crippen LogP contribution in [0.4, 0.5) is 0 Å². The van der Waals surface area contributed by atoms with Crippen molar-refractivity contribution in [2.75, 3.05) is 26.2 Å². The molecule has 1 aromatic rings. The predicted octanol–water partition coefficient (Wildman–Crippen LogP) is 2.63. The van der Waals surface area contributed by atoms with Gasteiger partial charge in [-0.3, -0.25) is 9.69 Å². The Morgan fingerprint density at radius 1 is 1.07 bits per heavy atom. The average Bonchev–Trinajstić information content (AvgIpc) is 2.71. The molecule has 0 bridgehead atoms. The second-order valence-corrected chi connectivity index (χ2v) is 10.7. The van der Waals surface area contributed by atoms with Crippen LogP contribution >= 0.6 is 0 Å². The van der Waals surface area contributed by atoms with Crippen molar-refractivity contribution in [2.45, 2.75) is 63.9 Å². The molecule has 0 aromatic heterocycles. The van der Waals surface area contributed by atoms with Gasteiger partial charge in [-0.15, -0.1) is 0 Å². The van der Waals surface area contributed by atoms with E-state index >= 15 is 0 Å². The van der Waals surface area contributed by atoms with Crippen LogP contribution in [0.25, 0.3) is 0 Å². The minimum absolute atomic E-state index is 0.0609. The Morgan fingerprint density at radius 3 is 2.31 bits per heavy atom. The lowest BCUT2D eigenvalue weighted by atomic mass is 9.78. The number of aryl methyl sites for hydroxylation is 1. The van der Waals surface area contributed by atoms with Crippen molar-refractivity contribution in [3.05, 3.63) is 29.8 Å². The Hall–Kier alpha value is -1.44. The summed E-state index contributed by atoms with van der Waals surface area (Å²) in [5, 5.41) is 3.26. The van der Waals surface area contributed by atoms with Crippen molar-refractivity contribution >= 4 is 15.9 Å². The van der Waals surface area contributed by atoms with Gasteiger partial charge in [-0.2, -0.15) is 4.31 Å². The highest BCUT2D eigenvalue weighted by Crippen LogP contribution is 2.29. The number of benzene rings is 1. The van der Waals surface area contributed by atoms with Crippen molar-refractivity contribution < 1.29 is 13.2 Å². The van der Waals surface area contributed by atoms with E-state index in [1.165, 1.54) is 17.1 Å². The molecule has 162 valence electrons. The monoisotopic (exact) mass is 421 g/mol. The molecule has 29 heavy (non-hydrogen) atoms. The summed E-state index contributed by atoms with van der Waals surface area (Å²) in [6, 6.07) is 6.98. The molecule has 6 nitrogen and oxygen atoms in total. The van der Waals surface area contributed by atoms with Crippen LogP contribution in [-0.2, 0) is 14.8 Å². The number of carbonyl (C=O) groups excluding carboxylic acids is 1. The number of amides is 1. The molecule has 7 heteroatoms. The normalized spacial score (nSPS) is 28.1. The van der Waals surface area contributed by atoms with Crippen LogP contribution in [0.2, 0.25) is 0 Å². The number of hydrogen-bond acceptors (Lipinski definition) is 4. The molecule has 1 saturated heterocycles. The first kappa shape index (κ1) is 22.2. The lowest BCUT2D eigenvalue weighted by molar-refractivity contribution is -0.127. The first-order valence-corrected chi connectivity index (χ1v) is 12.3. The highest BCUT2D eigenvalue weighted by Gasteiger charge is 2.34. The third kappa shape index (κ3) is 5.01. The van der Waals surface area contributed by atoms with Gasteiger partial charge < -0.3 is 5.32 Å². The van der Waals surface area contributed by atoms with Gasteiger partial charge in [0.15, 0.2) is 0 Å². The molecule has 1 amide bonds. The van der Waals surface area contributed by atoms with Crippen molar-refractivity contribution in [1.82, 2.24) is 14.5 Å². The summed E-state index contributed by atoms with van der Waals surface area (Å²) in [6.45, 7) is 10.3. The Labute approximate surface area is 175 Å². The summed E-state index contributed by atoms with van der Waals surface area (Å²) in [6.07, 6.45) is 3.45. The molecule has 1 saturated carbocycles. The fraction of sp³-hybridized carbons (Fsp3) is 0.682. The highest BCUT2D eigenvalue weighted by atomic mass is 32.2. The van der Waals surface area contributed by atoms with Gasteiger partial charge >= 0.3 is 0 Å². The van der Waals surface area contributed by atoms with E-state index in [1.807, 2.05) is 26.0 Å². The molecule has 0 radical (unpaired) electrons. The number of piperazine rings is 1. The SMILES string of the molecule is Cc1ccc(S(=O)(=O)N2CCN([C@@H](C)C(=O)N[C@H]3CCC[C@H](C)[C@@H]3C)CC2)cc1. The first-order chi connectivity index (χ1) is 13.7. The number of rotatable bonds is 5. The molecule has 0 unspecified atom stereocenters. The van der Waals surface area contributed by atoms with Crippen LogP contribution in [0.5, 0.6) is 0 Å². The van der Waals surface area contributed by atoms with E-state index in [0.717, 1.165) is 12.0 Å². The Balaban J connectivity index is 1.55. The maximum absolute atomic E-state index is 12.9. The summed E-state index contributed by atoms with van der Waals surface area (Å²) in [4.78, 5) is 15.2. The van der Waals surface area contributed by atoms with Crippen LogP contribution in [0.1, 0.15) is 45.6 Å². The van der Waals surface area contributed by atoms with Crippen molar-refractivity contribution in [3.8, 4) is 0 Å². The second kappa shape index (κ2) is 9.14. The van der Waals surface area contributed by atoms with Gasteiger partial charge in [-0.05, 0) is 44.2 Å². The number of carbonyl (C=O) groups is 1. The summed E-state index contributed by atoms with van der Waals surface area (Å²) >= 11 is 0. The average molecular weight is 422 g/mol. The standard InChI is InChI=1S/C22H35N3O3S/c1-16-8-10-20(11-9-16)29(27,28)25-14-12-24(13-15-25)19(4)22(26)23-21-7-5-6-17(2)18(21)3/h8-11,17-19,21H,5-7,12-15H2,1-4H3,(H,23,26)/t17-,18-,19-,21-/m0/s1. The van der Waals surface area contributed by atoms with Gasteiger partial charge in [-0.1, -0.05) is 44.4 Å². The zero-order valence-corrected chi connectivity index (χ0v) is 18.9. The Bertz CT molecular complexity index is 801. The second-order valence-electron chi connectivity index (χ2n) is 8.81. The van der Waals surface area contributed by atoms with E-state index in [4.69, 9.17) is 0 Å². The minimum Gasteiger partial charge on any atom is -0.352 e. The van der Waals surface area contributed by atoms with E-state index in [2.05, 4.69) is 24.1 Å². The number of hydrogen-bond donors (Lipinski definition) is 1. The van der Waals surface area contributed by atoms with Gasteiger partial charge in [0, 0.05) is 32.2 Å². The lowest BCUT2D eigenvalue weighted by Crippen LogP contribution is -2.56. The van der Waals surface area contributed by atoms with Gasteiger partial charge in [0.1, 0.15) is 0 Å². The zero-order valence-electron chi connectivity index (χ0n) is 18.1. The molecule has 1 heterocycles. The molecular formula is C22H35N3O3S. The molecule has 0 spiro atoms. The van der Waals surface area contributed by atoms with Crippen LogP contribution in [0, 0.1) is 18.8 Å². The summed E-state index contributed by atoms with van der Waals surface area (Å²) in [5.41, 5.74) is 1.04. The molecule has 1 aliphatic carbocycles. The predicted molar refractivity (Wildman–Crippen MR) is 115 cm³/mol. The van der Waals surface area contributed by atoms with Crippen molar-refractivity contribution in [1.29, 1.82) is 0 Å². The lowest BCUT2D eigenvalue weighted by Gasteiger charge is -2.39. The number of sulfonamides is 1. The van der Waals surface area contributed by atoms with E-state index in [-0.39, 0.29) is 18.0 Å². The maximum atomic E-state index is 12.9. The molecule has 3 rings (SSSR count). The van der Waals surface area contributed by atoms with E-state index < -0.39 is 10.0 Å². The van der Waals surface area contributed by atoms with Crippen LogP contribution in [-0.4, -0.2) is 61.8 Å². The number of nitrogens with zero attached hydrogens (tertiary/aromatic N) is 2. The van der Waals surface area contributed by atoms with E-state index in [0.29, 0.717) is 42.9 Å². The van der Waals surface area contributed by atoms with Crippen molar-refractivity contribution in [3.63, 3.8) is 0 Å². The van der Waals surface area contributed by atoms with Crippen LogP contribution in [0.3, 0.4) is 0 Å². The largest absolute Gasteiger partial charge is 0.352 e. The third-order valence-corrected chi connectivity index (χ3v) is 8.81. The van der Waals surface area contributed by atoms with Gasteiger partial charge in [0.05, 0.1) is 10.9 Å². The molecule has 2 fully saturated rings. The van der Waals surface area contributed by atoms with E-state index in [1.54, 1.807) is 12.1 Å². The third-order valence-electron chi connectivity index (χ3n) is 6.89. The van der Waals surface area contributed by atoms with Crippen LogP contribution < -0.4 is 5.32 Å². The van der Waals surface area contributed by atoms with Crippen molar-refractivity contribution in [2.24, 2.45) is 11.8 Å². The summed E-state index contributed by atoms with van der Waals surface area (Å²) < 4.78 is 27.3. The molecule has 2 aliphatic rings. The molecule has 1 aromatic carbocycles. The molecule has 4 atom stereocenters.